The van der Waals surface area contributed by atoms with Crippen molar-refractivity contribution in [2.45, 2.75) is 19.7 Å². The van der Waals surface area contributed by atoms with Crippen LogP contribution in [-0.2, 0) is 13.6 Å². The molecule has 1 N–H and O–H groups in total. The Morgan fingerprint density at radius 3 is 2.85 bits per heavy atom. The smallest absolute Gasteiger partial charge is 0.184 e. The molecule has 26 heavy (non-hydrogen) atoms. The maximum absolute atomic E-state index is 14.1. The fraction of sp³-hybridized carbons (Fsp3) is 0.263. The number of aryl methyl sites for hydroxylation is 2. The molecule has 134 valence electrons. The van der Waals surface area contributed by atoms with Crippen LogP contribution in [0.3, 0.4) is 0 Å². The van der Waals surface area contributed by atoms with E-state index in [1.165, 1.54) is 13.2 Å². The zero-order chi connectivity index (χ0) is 18.4. The van der Waals surface area contributed by atoms with E-state index >= 15 is 0 Å². The van der Waals surface area contributed by atoms with Gasteiger partial charge in [-0.05, 0) is 25.1 Å². The van der Waals surface area contributed by atoms with Crippen molar-refractivity contribution in [2.24, 2.45) is 12.1 Å². The zero-order valence-electron chi connectivity index (χ0n) is 14.8. The highest BCUT2D eigenvalue weighted by molar-refractivity contribution is 6.02. The molecule has 0 bridgehead atoms. The Morgan fingerprint density at radius 1 is 1.31 bits per heavy atom. The van der Waals surface area contributed by atoms with E-state index < -0.39 is 12.0 Å². The van der Waals surface area contributed by atoms with Gasteiger partial charge in [0.15, 0.2) is 17.8 Å². The number of aliphatic hydroxyl groups excluding tert-OH is 1. The molecule has 0 fully saturated rings. The average Bonchev–Trinajstić information content (AvgIpc) is 2.89. The van der Waals surface area contributed by atoms with Gasteiger partial charge in [-0.25, -0.2) is 4.39 Å². The van der Waals surface area contributed by atoms with Crippen LogP contribution in [0.5, 0.6) is 5.75 Å². The molecule has 1 aliphatic rings. The third-order valence-corrected chi connectivity index (χ3v) is 4.69. The van der Waals surface area contributed by atoms with Gasteiger partial charge in [0.1, 0.15) is 0 Å². The van der Waals surface area contributed by atoms with Crippen LogP contribution >= 0.6 is 0 Å². The van der Waals surface area contributed by atoms with Crippen LogP contribution in [0.4, 0.5) is 4.39 Å². The topological polar surface area (TPSA) is 62.9 Å². The van der Waals surface area contributed by atoms with Gasteiger partial charge in [-0.3, -0.25) is 9.99 Å². The summed E-state index contributed by atoms with van der Waals surface area (Å²) in [5.74, 6) is -0.273. The summed E-state index contributed by atoms with van der Waals surface area (Å²) in [5.41, 5.74) is 3.87. The Balaban J connectivity index is 1.77. The molecule has 0 saturated carbocycles. The van der Waals surface area contributed by atoms with Crippen LogP contribution in [0.25, 0.3) is 10.9 Å². The first-order chi connectivity index (χ1) is 12.5. The molecule has 7 heteroatoms. The van der Waals surface area contributed by atoms with E-state index in [-0.39, 0.29) is 5.75 Å². The summed E-state index contributed by atoms with van der Waals surface area (Å²) in [6, 6.07) is 8.80. The van der Waals surface area contributed by atoms with Crippen LogP contribution < -0.4 is 4.74 Å². The number of fused-ring (bicyclic) bond motifs is 3. The number of hydrogen-bond acceptors (Lipinski definition) is 5. The first kappa shape index (κ1) is 16.5. The number of benzene rings is 1. The van der Waals surface area contributed by atoms with E-state index in [2.05, 4.69) is 10.1 Å². The van der Waals surface area contributed by atoms with Gasteiger partial charge in [-0.15, -0.1) is 0 Å². The number of ether oxygens (including phenoxy) is 1. The Hall–Kier alpha value is -2.93. The van der Waals surface area contributed by atoms with Crippen LogP contribution in [0, 0.1) is 12.7 Å². The molecule has 6 nitrogen and oxygen atoms in total. The standard InChI is InChI=1S/C19H19FN4O2/c1-11-5-4-6-12(22-11)10-24-19(25)18-14(9-21-24)13-7-15(20)17(26-3)8-16(13)23(18)2/h4-9,19,25H,10H2,1-3H3. The molecule has 0 saturated heterocycles. The predicted molar refractivity (Wildman–Crippen MR) is 96.5 cm³/mol. The lowest BCUT2D eigenvalue weighted by atomic mass is 10.1. The van der Waals surface area contributed by atoms with Crippen molar-refractivity contribution in [1.82, 2.24) is 14.6 Å². The first-order valence-corrected chi connectivity index (χ1v) is 8.26. The number of halogens is 1. The van der Waals surface area contributed by atoms with Gasteiger partial charge in [0.25, 0.3) is 0 Å². The second-order valence-corrected chi connectivity index (χ2v) is 6.35. The average molecular weight is 354 g/mol. The van der Waals surface area contributed by atoms with E-state index in [4.69, 9.17) is 4.74 Å². The van der Waals surface area contributed by atoms with Gasteiger partial charge in [0, 0.05) is 29.8 Å². The molecule has 3 heterocycles. The van der Waals surface area contributed by atoms with Gasteiger partial charge in [-0.1, -0.05) is 6.07 Å². The third kappa shape index (κ3) is 2.52. The van der Waals surface area contributed by atoms with Crippen molar-refractivity contribution in [1.29, 1.82) is 0 Å². The summed E-state index contributed by atoms with van der Waals surface area (Å²) in [7, 11) is 3.27. The van der Waals surface area contributed by atoms with Gasteiger partial charge in [-0.2, -0.15) is 5.10 Å². The number of aromatic nitrogens is 2. The maximum Gasteiger partial charge on any atom is 0.184 e. The molecule has 0 radical (unpaired) electrons. The van der Waals surface area contributed by atoms with E-state index in [0.717, 1.165) is 16.9 Å². The van der Waals surface area contributed by atoms with Crippen molar-refractivity contribution < 1.29 is 14.2 Å². The predicted octanol–water partition coefficient (Wildman–Crippen LogP) is 2.87. The zero-order valence-corrected chi connectivity index (χ0v) is 14.8. The molecule has 1 aromatic carbocycles. The normalized spacial score (nSPS) is 16.2. The number of hydrazone groups is 1. The lowest BCUT2D eigenvalue weighted by molar-refractivity contribution is -0.0107. The van der Waals surface area contributed by atoms with Crippen molar-refractivity contribution in [3.63, 3.8) is 0 Å². The van der Waals surface area contributed by atoms with Gasteiger partial charge >= 0.3 is 0 Å². The summed E-state index contributed by atoms with van der Waals surface area (Å²) in [5, 5.41) is 17.5. The lowest BCUT2D eigenvalue weighted by Crippen LogP contribution is -2.29. The highest BCUT2D eigenvalue weighted by Crippen LogP contribution is 2.36. The van der Waals surface area contributed by atoms with Crippen LogP contribution in [0.2, 0.25) is 0 Å². The maximum atomic E-state index is 14.1. The van der Waals surface area contributed by atoms with Crippen LogP contribution in [0.1, 0.15) is 28.9 Å². The number of rotatable bonds is 3. The minimum atomic E-state index is -0.955. The van der Waals surface area contributed by atoms with E-state index in [9.17, 15) is 9.50 Å². The van der Waals surface area contributed by atoms with E-state index in [1.54, 1.807) is 17.3 Å². The van der Waals surface area contributed by atoms with Crippen molar-refractivity contribution in [3.05, 3.63) is 58.8 Å². The number of methoxy groups -OCH3 is 1. The molecule has 0 aliphatic carbocycles. The minimum absolute atomic E-state index is 0.169. The Morgan fingerprint density at radius 2 is 2.12 bits per heavy atom. The largest absolute Gasteiger partial charge is 0.494 e. The second kappa shape index (κ2) is 6.10. The Labute approximate surface area is 150 Å². The molecule has 1 aliphatic heterocycles. The van der Waals surface area contributed by atoms with Crippen molar-refractivity contribution >= 4 is 17.1 Å². The number of nitrogens with zero attached hydrogens (tertiary/aromatic N) is 4. The summed E-state index contributed by atoms with van der Waals surface area (Å²) in [6.45, 7) is 2.29. The van der Waals surface area contributed by atoms with E-state index in [0.29, 0.717) is 23.2 Å². The van der Waals surface area contributed by atoms with Crippen molar-refractivity contribution in [2.75, 3.05) is 7.11 Å². The SMILES string of the molecule is COc1cc2c(cc1F)c1c(n2C)C(O)N(Cc2cccc(C)n2)N=C1. The second-order valence-electron chi connectivity index (χ2n) is 6.35. The number of pyridine rings is 1. The minimum Gasteiger partial charge on any atom is -0.494 e. The van der Waals surface area contributed by atoms with Crippen molar-refractivity contribution in [3.8, 4) is 5.75 Å². The highest BCUT2D eigenvalue weighted by Gasteiger charge is 2.29. The van der Waals surface area contributed by atoms with Crippen LogP contribution in [-0.4, -0.2) is 33.0 Å². The molecule has 4 rings (SSSR count). The lowest BCUT2D eigenvalue weighted by Gasteiger charge is -2.28. The molecule has 0 spiro atoms. The summed E-state index contributed by atoms with van der Waals surface area (Å²) >= 11 is 0. The summed E-state index contributed by atoms with van der Waals surface area (Å²) in [6.07, 6.45) is 0.704. The summed E-state index contributed by atoms with van der Waals surface area (Å²) < 4.78 is 21.1. The molecule has 1 unspecified atom stereocenters. The molecule has 0 amide bonds. The fourth-order valence-corrected chi connectivity index (χ4v) is 3.41. The summed E-state index contributed by atoms with van der Waals surface area (Å²) in [4.78, 5) is 4.46. The van der Waals surface area contributed by atoms with Gasteiger partial charge < -0.3 is 14.4 Å². The monoisotopic (exact) mass is 354 g/mol. The highest BCUT2D eigenvalue weighted by atomic mass is 19.1. The van der Waals surface area contributed by atoms with Gasteiger partial charge in [0.05, 0.1) is 36.8 Å². The van der Waals surface area contributed by atoms with Gasteiger partial charge in [0.2, 0.25) is 0 Å². The molecule has 3 aromatic rings. The number of hydrogen-bond donors (Lipinski definition) is 1. The molecule has 1 atom stereocenters. The number of aliphatic hydroxyl groups is 1. The molecule has 2 aromatic heterocycles. The van der Waals surface area contributed by atoms with Crippen LogP contribution in [0.15, 0.2) is 35.4 Å². The van der Waals surface area contributed by atoms with E-state index in [1.807, 2.05) is 36.7 Å². The Bertz CT molecular complexity index is 1030. The molecular weight excluding hydrogens is 335 g/mol. The third-order valence-electron chi connectivity index (χ3n) is 4.69. The Kier molecular flexibility index (Phi) is 3.88. The quantitative estimate of drug-likeness (QED) is 0.786. The first-order valence-electron chi connectivity index (χ1n) is 8.26. The molecular formula is C19H19FN4O2. The fourth-order valence-electron chi connectivity index (χ4n) is 3.41.